The molecule has 0 aliphatic heterocycles. The second-order valence-electron chi connectivity index (χ2n) is 2.30. The van der Waals surface area contributed by atoms with Crippen molar-refractivity contribution < 1.29 is 4.42 Å². The highest BCUT2D eigenvalue weighted by molar-refractivity contribution is 9.10. The molecule has 0 radical (unpaired) electrons. The summed E-state index contributed by atoms with van der Waals surface area (Å²) in [4.78, 5) is 4.04. The van der Waals surface area contributed by atoms with E-state index < -0.39 is 0 Å². The minimum atomic E-state index is 0.0387. The first-order valence-corrected chi connectivity index (χ1v) is 4.26. The van der Waals surface area contributed by atoms with Gasteiger partial charge >= 0.3 is 6.01 Å². The summed E-state index contributed by atoms with van der Waals surface area (Å²) in [5.74, 6) is 0.318. The normalized spacial score (nSPS) is 10.2. The number of anilines is 1. The fraction of sp³-hybridized carbons (Fsp3) is 0. The largest absolute Gasteiger partial charge is 0.402 e. The van der Waals surface area contributed by atoms with Crippen LogP contribution in [0.2, 0.25) is 0 Å². The molecule has 0 aromatic carbocycles. The van der Waals surface area contributed by atoms with Crippen molar-refractivity contribution >= 4 is 21.9 Å². The van der Waals surface area contributed by atoms with Crippen molar-refractivity contribution in [1.82, 2.24) is 15.2 Å². The molecule has 0 saturated heterocycles. The van der Waals surface area contributed by atoms with Gasteiger partial charge in [-0.3, -0.25) is 4.98 Å². The molecule has 2 aromatic rings. The van der Waals surface area contributed by atoms with Crippen LogP contribution in [0.4, 0.5) is 6.01 Å². The molecular weight excluding hydrogens is 236 g/mol. The Balaban J connectivity index is 2.46. The summed E-state index contributed by atoms with van der Waals surface area (Å²) in [5, 5.41) is 7.23. The average molecular weight is 241 g/mol. The Bertz CT molecular complexity index is 428. The molecule has 5 nitrogen and oxygen atoms in total. The lowest BCUT2D eigenvalue weighted by molar-refractivity contribution is 0.587. The molecule has 0 saturated carbocycles. The molecule has 0 aliphatic rings. The summed E-state index contributed by atoms with van der Waals surface area (Å²) < 4.78 is 5.89. The Morgan fingerprint density at radius 1 is 1.38 bits per heavy atom. The summed E-state index contributed by atoms with van der Waals surface area (Å²) in [7, 11) is 0. The third kappa shape index (κ3) is 1.67. The van der Waals surface area contributed by atoms with E-state index in [9.17, 15) is 0 Å². The van der Waals surface area contributed by atoms with Crippen LogP contribution < -0.4 is 5.73 Å². The van der Waals surface area contributed by atoms with Gasteiger partial charge in [-0.2, -0.15) is 0 Å². The molecule has 66 valence electrons. The Morgan fingerprint density at radius 2 is 2.23 bits per heavy atom. The number of halogens is 1. The van der Waals surface area contributed by atoms with E-state index in [2.05, 4.69) is 31.1 Å². The summed E-state index contributed by atoms with van der Waals surface area (Å²) >= 11 is 3.31. The lowest BCUT2D eigenvalue weighted by atomic mass is 10.3. The zero-order chi connectivity index (χ0) is 9.26. The van der Waals surface area contributed by atoms with Crippen molar-refractivity contribution in [2.45, 2.75) is 0 Å². The van der Waals surface area contributed by atoms with E-state index in [0.29, 0.717) is 11.6 Å². The number of nitrogens with two attached hydrogens (primary N) is 1. The van der Waals surface area contributed by atoms with Gasteiger partial charge in [-0.25, -0.2) is 0 Å². The number of nitrogen functional groups attached to an aromatic ring is 1. The fourth-order valence-corrected chi connectivity index (χ4v) is 1.19. The molecule has 0 unspecified atom stereocenters. The van der Waals surface area contributed by atoms with Crippen molar-refractivity contribution in [1.29, 1.82) is 0 Å². The second-order valence-corrected chi connectivity index (χ2v) is 3.22. The van der Waals surface area contributed by atoms with E-state index in [4.69, 9.17) is 10.2 Å². The average Bonchev–Trinajstić information content (AvgIpc) is 2.52. The van der Waals surface area contributed by atoms with Gasteiger partial charge in [0.05, 0.1) is 0 Å². The second kappa shape index (κ2) is 3.14. The van der Waals surface area contributed by atoms with Crippen LogP contribution in [0, 0.1) is 0 Å². The molecule has 0 amide bonds. The maximum Gasteiger partial charge on any atom is 0.313 e. The van der Waals surface area contributed by atoms with E-state index in [0.717, 1.165) is 4.47 Å². The molecule has 6 heteroatoms. The van der Waals surface area contributed by atoms with Gasteiger partial charge in [0.15, 0.2) is 0 Å². The van der Waals surface area contributed by atoms with Crippen molar-refractivity contribution in [3.05, 3.63) is 22.8 Å². The van der Waals surface area contributed by atoms with E-state index in [1.165, 1.54) is 0 Å². The Hall–Kier alpha value is -1.43. The number of rotatable bonds is 1. The third-order valence-electron chi connectivity index (χ3n) is 1.38. The van der Waals surface area contributed by atoms with Crippen LogP contribution in [0.25, 0.3) is 11.6 Å². The van der Waals surface area contributed by atoms with Crippen LogP contribution in [0.3, 0.4) is 0 Å². The lowest BCUT2D eigenvalue weighted by Gasteiger charge is -1.92. The van der Waals surface area contributed by atoms with Gasteiger partial charge in [-0.05, 0) is 12.1 Å². The smallest absolute Gasteiger partial charge is 0.313 e. The first kappa shape index (κ1) is 8.18. The molecule has 2 heterocycles. The van der Waals surface area contributed by atoms with E-state index >= 15 is 0 Å². The van der Waals surface area contributed by atoms with Gasteiger partial charge in [-0.15, -0.1) is 5.10 Å². The number of aromatic nitrogens is 3. The summed E-state index contributed by atoms with van der Waals surface area (Å²) in [6, 6.07) is 3.62. The predicted molar refractivity (Wildman–Crippen MR) is 49.6 cm³/mol. The van der Waals surface area contributed by atoms with E-state index in [1.807, 2.05) is 6.07 Å². The van der Waals surface area contributed by atoms with Gasteiger partial charge in [0.25, 0.3) is 5.89 Å². The summed E-state index contributed by atoms with van der Waals surface area (Å²) in [6.45, 7) is 0. The monoisotopic (exact) mass is 240 g/mol. The van der Waals surface area contributed by atoms with Crippen LogP contribution in [0.5, 0.6) is 0 Å². The maximum absolute atomic E-state index is 5.27. The standard InChI is InChI=1S/C7H5BrN4O/c8-4-1-2-10-5(3-4)6-11-12-7(9)13-6/h1-3H,(H2,9,12). The van der Waals surface area contributed by atoms with Crippen molar-refractivity contribution in [2.75, 3.05) is 5.73 Å². The number of pyridine rings is 1. The molecule has 13 heavy (non-hydrogen) atoms. The van der Waals surface area contributed by atoms with Crippen LogP contribution in [0.1, 0.15) is 0 Å². The van der Waals surface area contributed by atoms with Gasteiger partial charge in [0.1, 0.15) is 5.69 Å². The molecule has 0 fully saturated rings. The Labute approximate surface area is 82.1 Å². The molecule has 2 rings (SSSR count). The highest BCUT2D eigenvalue weighted by Gasteiger charge is 2.07. The SMILES string of the molecule is Nc1nnc(-c2cc(Br)ccn2)o1. The fourth-order valence-electron chi connectivity index (χ4n) is 0.860. The lowest BCUT2D eigenvalue weighted by Crippen LogP contribution is -1.82. The maximum atomic E-state index is 5.27. The topological polar surface area (TPSA) is 77.8 Å². The van der Waals surface area contributed by atoms with Gasteiger partial charge < -0.3 is 10.2 Å². The Kier molecular flexibility index (Phi) is 1.97. The van der Waals surface area contributed by atoms with Crippen LogP contribution in [-0.2, 0) is 0 Å². The Morgan fingerprint density at radius 3 is 2.85 bits per heavy atom. The highest BCUT2D eigenvalue weighted by atomic mass is 79.9. The van der Waals surface area contributed by atoms with Gasteiger partial charge in [0, 0.05) is 10.7 Å². The predicted octanol–water partition coefficient (Wildman–Crippen LogP) is 1.48. The van der Waals surface area contributed by atoms with E-state index in [-0.39, 0.29) is 6.01 Å². The first-order valence-electron chi connectivity index (χ1n) is 3.46. The molecule has 0 spiro atoms. The number of hydrogen-bond acceptors (Lipinski definition) is 5. The van der Waals surface area contributed by atoms with Gasteiger partial charge in [-0.1, -0.05) is 21.0 Å². The summed E-state index contributed by atoms with van der Waals surface area (Å²) in [6.07, 6.45) is 1.64. The van der Waals surface area contributed by atoms with Crippen LogP contribution in [0.15, 0.2) is 27.2 Å². The zero-order valence-electron chi connectivity index (χ0n) is 6.44. The molecule has 0 aliphatic carbocycles. The molecular formula is C7H5BrN4O. The number of nitrogens with zero attached hydrogens (tertiary/aromatic N) is 3. The van der Waals surface area contributed by atoms with Crippen LogP contribution in [-0.4, -0.2) is 15.2 Å². The van der Waals surface area contributed by atoms with Crippen LogP contribution >= 0.6 is 15.9 Å². The molecule has 2 aromatic heterocycles. The first-order chi connectivity index (χ1) is 6.25. The number of hydrogen-bond donors (Lipinski definition) is 1. The quantitative estimate of drug-likeness (QED) is 0.817. The van der Waals surface area contributed by atoms with Gasteiger partial charge in [0.2, 0.25) is 0 Å². The van der Waals surface area contributed by atoms with Crippen molar-refractivity contribution in [3.63, 3.8) is 0 Å². The molecule has 0 atom stereocenters. The molecule has 0 bridgehead atoms. The minimum Gasteiger partial charge on any atom is -0.402 e. The summed E-state index contributed by atoms with van der Waals surface area (Å²) in [5.41, 5.74) is 5.87. The zero-order valence-corrected chi connectivity index (χ0v) is 8.02. The van der Waals surface area contributed by atoms with E-state index in [1.54, 1.807) is 12.3 Å². The molecule has 2 N–H and O–H groups in total. The minimum absolute atomic E-state index is 0.0387. The van der Waals surface area contributed by atoms with Crippen molar-refractivity contribution in [3.8, 4) is 11.6 Å². The third-order valence-corrected chi connectivity index (χ3v) is 1.87. The van der Waals surface area contributed by atoms with Crippen molar-refractivity contribution in [2.24, 2.45) is 0 Å². The highest BCUT2D eigenvalue weighted by Crippen LogP contribution is 2.19.